The molecule has 0 aromatic heterocycles. The van der Waals surface area contributed by atoms with Crippen LogP contribution in [0.5, 0.6) is 5.75 Å². The summed E-state index contributed by atoms with van der Waals surface area (Å²) in [5.41, 5.74) is 1.10. The topological polar surface area (TPSA) is 24.5 Å². The van der Waals surface area contributed by atoms with Gasteiger partial charge in [-0.25, -0.2) is 0 Å². The molecule has 1 aromatic carbocycles. The van der Waals surface area contributed by atoms with Crippen molar-refractivity contribution in [1.82, 2.24) is 10.2 Å². The van der Waals surface area contributed by atoms with Gasteiger partial charge in [-0.1, -0.05) is 25.0 Å². The Morgan fingerprint density at radius 1 is 1.17 bits per heavy atom. The third kappa shape index (κ3) is 6.07. The number of piperazine rings is 1. The zero-order chi connectivity index (χ0) is 14.7. The molecule has 7 heteroatoms. The van der Waals surface area contributed by atoms with Crippen molar-refractivity contribution in [2.24, 2.45) is 5.92 Å². The molecule has 1 saturated carbocycles. The van der Waals surface area contributed by atoms with Crippen LogP contribution < -0.4 is 10.1 Å². The monoisotopic (exact) mass is 368 g/mol. The van der Waals surface area contributed by atoms with Crippen molar-refractivity contribution in [3.63, 3.8) is 0 Å². The third-order valence-corrected chi connectivity index (χ3v) is 4.31. The van der Waals surface area contributed by atoms with E-state index in [4.69, 9.17) is 0 Å². The van der Waals surface area contributed by atoms with Crippen molar-refractivity contribution in [1.29, 1.82) is 0 Å². The van der Waals surface area contributed by atoms with Gasteiger partial charge in [0.05, 0.1) is 0 Å². The Bertz CT molecular complexity index is 469. The molecule has 3 rings (SSSR count). The highest BCUT2D eigenvalue weighted by Gasteiger charge is 2.30. The van der Waals surface area contributed by atoms with Crippen molar-refractivity contribution >= 4 is 24.8 Å². The van der Waals surface area contributed by atoms with Gasteiger partial charge in [0.25, 0.3) is 0 Å². The van der Waals surface area contributed by atoms with E-state index in [2.05, 4.69) is 15.0 Å². The fourth-order valence-electron chi connectivity index (χ4n) is 3.06. The zero-order valence-corrected chi connectivity index (χ0v) is 14.6. The number of benzene rings is 1. The highest BCUT2D eigenvalue weighted by molar-refractivity contribution is 5.85. The second kappa shape index (κ2) is 9.62. The molecule has 132 valence electrons. The molecule has 0 spiro atoms. The lowest BCUT2D eigenvalue weighted by molar-refractivity contribution is -0.0499. The lowest BCUT2D eigenvalue weighted by Crippen LogP contribution is -2.45. The van der Waals surface area contributed by atoms with E-state index in [1.807, 2.05) is 12.1 Å². The van der Waals surface area contributed by atoms with Crippen LogP contribution in [-0.4, -0.2) is 37.7 Å². The van der Waals surface area contributed by atoms with E-state index in [-0.39, 0.29) is 30.6 Å². The first kappa shape index (κ1) is 20.4. The highest BCUT2D eigenvalue weighted by atomic mass is 35.5. The largest absolute Gasteiger partial charge is 0.435 e. The average molecular weight is 369 g/mol. The first-order valence-electron chi connectivity index (χ1n) is 7.72. The van der Waals surface area contributed by atoms with E-state index in [0.717, 1.165) is 44.1 Å². The molecule has 1 saturated heterocycles. The Morgan fingerprint density at radius 2 is 1.87 bits per heavy atom. The van der Waals surface area contributed by atoms with Crippen LogP contribution in [0, 0.1) is 5.92 Å². The van der Waals surface area contributed by atoms with Crippen LogP contribution in [0.3, 0.4) is 0 Å². The molecule has 1 aromatic rings. The normalized spacial score (nSPS) is 19.6. The molecule has 1 N–H and O–H groups in total. The minimum Gasteiger partial charge on any atom is -0.435 e. The van der Waals surface area contributed by atoms with Gasteiger partial charge in [-0.15, -0.1) is 24.8 Å². The van der Waals surface area contributed by atoms with Gasteiger partial charge in [0.1, 0.15) is 5.75 Å². The second-order valence-electron chi connectivity index (χ2n) is 5.93. The Hall–Kier alpha value is -0.620. The summed E-state index contributed by atoms with van der Waals surface area (Å²) in [7, 11) is 0. The Morgan fingerprint density at radius 3 is 2.48 bits per heavy atom. The van der Waals surface area contributed by atoms with Gasteiger partial charge >= 0.3 is 6.61 Å². The minimum absolute atomic E-state index is 0. The first-order valence-corrected chi connectivity index (χ1v) is 7.72. The van der Waals surface area contributed by atoms with Crippen molar-refractivity contribution in [2.45, 2.75) is 31.9 Å². The molecule has 0 bridgehead atoms. The van der Waals surface area contributed by atoms with Crippen LogP contribution in [0.25, 0.3) is 0 Å². The van der Waals surface area contributed by atoms with E-state index in [9.17, 15) is 8.78 Å². The molecule has 2 aliphatic rings. The first-order chi connectivity index (χ1) is 10.2. The molecular weight excluding hydrogens is 345 g/mol. The number of rotatable bonds is 6. The van der Waals surface area contributed by atoms with Gasteiger partial charge in [-0.05, 0) is 30.0 Å². The predicted molar refractivity (Wildman–Crippen MR) is 92.1 cm³/mol. The van der Waals surface area contributed by atoms with Gasteiger partial charge < -0.3 is 10.1 Å². The molecule has 0 unspecified atom stereocenters. The lowest BCUT2D eigenvalue weighted by Gasteiger charge is -2.35. The summed E-state index contributed by atoms with van der Waals surface area (Å²) >= 11 is 0. The molecule has 1 atom stereocenters. The summed E-state index contributed by atoms with van der Waals surface area (Å²) in [5, 5.41) is 3.36. The molecule has 1 heterocycles. The van der Waals surface area contributed by atoms with E-state index >= 15 is 0 Å². The Labute approximate surface area is 148 Å². The van der Waals surface area contributed by atoms with Crippen LogP contribution in [0.15, 0.2) is 24.3 Å². The zero-order valence-electron chi connectivity index (χ0n) is 12.9. The van der Waals surface area contributed by atoms with Crippen LogP contribution >= 0.6 is 24.8 Å². The number of nitrogens with one attached hydrogen (secondary N) is 1. The van der Waals surface area contributed by atoms with Gasteiger partial charge in [0.2, 0.25) is 0 Å². The molecule has 2 fully saturated rings. The van der Waals surface area contributed by atoms with Crippen LogP contribution in [0.1, 0.15) is 30.9 Å². The summed E-state index contributed by atoms with van der Waals surface area (Å²) in [6, 6.07) is 7.55. The van der Waals surface area contributed by atoms with Crippen LogP contribution in [0.4, 0.5) is 8.78 Å². The Kier molecular flexibility index (Phi) is 8.54. The molecule has 1 aliphatic heterocycles. The summed E-state index contributed by atoms with van der Waals surface area (Å²) in [6.07, 6.45) is 3.73. The van der Waals surface area contributed by atoms with Crippen molar-refractivity contribution in [3.8, 4) is 5.75 Å². The number of hydrogen-bond acceptors (Lipinski definition) is 3. The van der Waals surface area contributed by atoms with E-state index in [1.54, 1.807) is 12.1 Å². The van der Waals surface area contributed by atoms with Gasteiger partial charge in [0, 0.05) is 32.2 Å². The summed E-state index contributed by atoms with van der Waals surface area (Å²) < 4.78 is 29.3. The number of alkyl halides is 2. The smallest absolute Gasteiger partial charge is 0.387 e. The maximum Gasteiger partial charge on any atom is 0.387 e. The van der Waals surface area contributed by atoms with Gasteiger partial charge in [-0.3, -0.25) is 4.90 Å². The minimum atomic E-state index is -2.76. The SMILES string of the molecule is Cl.Cl.FC(F)Oc1cccc([C@H](CC2CC2)N2CCNCC2)c1. The molecular formula is C16H24Cl2F2N2O. The van der Waals surface area contributed by atoms with Gasteiger partial charge in [-0.2, -0.15) is 8.78 Å². The molecule has 3 nitrogen and oxygen atoms in total. The summed E-state index contributed by atoms with van der Waals surface area (Å²) in [4.78, 5) is 2.47. The number of hydrogen-bond donors (Lipinski definition) is 1. The van der Waals surface area contributed by atoms with Crippen LogP contribution in [-0.2, 0) is 0 Å². The third-order valence-electron chi connectivity index (χ3n) is 4.31. The fourth-order valence-corrected chi connectivity index (χ4v) is 3.06. The van der Waals surface area contributed by atoms with Crippen LogP contribution in [0.2, 0.25) is 0 Å². The molecule has 0 radical (unpaired) electrons. The maximum atomic E-state index is 12.4. The average Bonchev–Trinajstić information content (AvgIpc) is 3.29. The van der Waals surface area contributed by atoms with Crippen molar-refractivity contribution in [2.75, 3.05) is 26.2 Å². The maximum absolute atomic E-state index is 12.4. The predicted octanol–water partition coefficient (Wildman–Crippen LogP) is 3.88. The summed E-state index contributed by atoms with van der Waals surface area (Å²) in [6.45, 7) is 1.25. The van der Waals surface area contributed by atoms with E-state index in [1.165, 1.54) is 12.8 Å². The second-order valence-corrected chi connectivity index (χ2v) is 5.93. The van der Waals surface area contributed by atoms with Gasteiger partial charge in [0.15, 0.2) is 0 Å². The number of halogens is 4. The standard InChI is InChI=1S/C16H22F2N2O.2ClH/c17-16(18)21-14-3-1-2-13(11-14)15(10-12-4-5-12)20-8-6-19-7-9-20;;/h1-3,11-12,15-16,19H,4-10H2;2*1H/t15-;;/m0../s1. The molecule has 0 amide bonds. The fraction of sp³-hybridized carbons (Fsp3) is 0.625. The number of nitrogens with zero attached hydrogens (tertiary/aromatic N) is 1. The molecule has 23 heavy (non-hydrogen) atoms. The van der Waals surface area contributed by atoms with Crippen molar-refractivity contribution in [3.05, 3.63) is 29.8 Å². The van der Waals surface area contributed by atoms with E-state index in [0.29, 0.717) is 6.04 Å². The molecule has 1 aliphatic carbocycles. The van der Waals surface area contributed by atoms with E-state index < -0.39 is 6.61 Å². The lowest BCUT2D eigenvalue weighted by atomic mass is 9.98. The van der Waals surface area contributed by atoms with Crippen molar-refractivity contribution < 1.29 is 13.5 Å². The Balaban J connectivity index is 0.00000132. The quantitative estimate of drug-likeness (QED) is 0.824. The highest BCUT2D eigenvalue weighted by Crippen LogP contribution is 2.40. The number of ether oxygens (including phenoxy) is 1. The summed E-state index contributed by atoms with van der Waals surface area (Å²) in [5.74, 6) is 1.06.